The zero-order chi connectivity index (χ0) is 22.7. The summed E-state index contributed by atoms with van der Waals surface area (Å²) in [6, 6.07) is 12.9. The van der Waals surface area contributed by atoms with Gasteiger partial charge in [0.05, 0.1) is 10.9 Å². The molecule has 1 aliphatic carbocycles. The van der Waals surface area contributed by atoms with E-state index >= 15 is 0 Å². The van der Waals surface area contributed by atoms with Crippen LogP contribution in [0, 0.1) is 11.7 Å². The van der Waals surface area contributed by atoms with E-state index in [1.807, 2.05) is 4.90 Å². The normalized spacial score (nSPS) is 24.3. The van der Waals surface area contributed by atoms with Gasteiger partial charge in [0.1, 0.15) is 5.82 Å². The largest absolute Gasteiger partial charge is 0.335 e. The summed E-state index contributed by atoms with van der Waals surface area (Å²) in [6.45, 7) is 0.719. The highest BCUT2D eigenvalue weighted by molar-refractivity contribution is 9.10. The Morgan fingerprint density at radius 1 is 0.938 bits per heavy atom. The standard InChI is InChI=1S/C24H28BrFN2O3S/c25-19-8-14-22(15-9-19)32(30,31)27-21-12-6-18(7-13-21)24(29)28-16-2-1-3-23(28)17-4-10-20(26)11-5-17/h4-5,8-11,14-15,18,21,23,27H,1-3,6-7,12-13,16H2. The highest BCUT2D eigenvalue weighted by Crippen LogP contribution is 2.35. The van der Waals surface area contributed by atoms with Crippen LogP contribution in [0.1, 0.15) is 56.6 Å². The minimum absolute atomic E-state index is 0.00881. The molecule has 0 aromatic heterocycles. The van der Waals surface area contributed by atoms with Gasteiger partial charge in [-0.1, -0.05) is 28.1 Å². The molecule has 1 saturated carbocycles. The molecule has 4 rings (SSSR count). The van der Waals surface area contributed by atoms with Crippen molar-refractivity contribution in [2.75, 3.05) is 6.54 Å². The molecule has 0 spiro atoms. The zero-order valence-corrected chi connectivity index (χ0v) is 20.2. The van der Waals surface area contributed by atoms with Gasteiger partial charge < -0.3 is 4.90 Å². The van der Waals surface area contributed by atoms with Crippen LogP contribution in [0.3, 0.4) is 0 Å². The summed E-state index contributed by atoms with van der Waals surface area (Å²) in [6.07, 6.45) is 5.53. The molecule has 1 amide bonds. The Morgan fingerprint density at radius 3 is 2.25 bits per heavy atom. The quantitative estimate of drug-likeness (QED) is 0.588. The van der Waals surface area contributed by atoms with Gasteiger partial charge in [-0.25, -0.2) is 17.5 Å². The summed E-state index contributed by atoms with van der Waals surface area (Å²) in [5.41, 5.74) is 0.982. The van der Waals surface area contributed by atoms with Gasteiger partial charge in [0.2, 0.25) is 15.9 Å². The number of rotatable bonds is 5. The topological polar surface area (TPSA) is 66.5 Å². The third-order valence-electron chi connectivity index (χ3n) is 6.56. The van der Waals surface area contributed by atoms with E-state index in [1.54, 1.807) is 36.4 Å². The summed E-state index contributed by atoms with van der Waals surface area (Å²) >= 11 is 3.32. The van der Waals surface area contributed by atoms with E-state index in [0.717, 1.165) is 35.8 Å². The van der Waals surface area contributed by atoms with Crippen molar-refractivity contribution < 1.29 is 17.6 Å². The van der Waals surface area contributed by atoms with Gasteiger partial charge in [0.25, 0.3) is 0 Å². The van der Waals surface area contributed by atoms with Crippen LogP contribution < -0.4 is 4.72 Å². The maximum atomic E-state index is 13.4. The van der Waals surface area contributed by atoms with Crippen LogP contribution in [-0.2, 0) is 14.8 Å². The summed E-state index contributed by atoms with van der Waals surface area (Å²) in [5, 5.41) is 0. The lowest BCUT2D eigenvalue weighted by Crippen LogP contribution is -2.45. The number of hydrogen-bond donors (Lipinski definition) is 1. The van der Waals surface area contributed by atoms with Crippen molar-refractivity contribution in [1.29, 1.82) is 0 Å². The summed E-state index contributed by atoms with van der Waals surface area (Å²) in [5.74, 6) is -0.218. The molecule has 172 valence electrons. The van der Waals surface area contributed by atoms with Gasteiger partial charge in [-0.2, -0.15) is 0 Å². The van der Waals surface area contributed by atoms with Crippen LogP contribution in [0.15, 0.2) is 57.9 Å². The second kappa shape index (κ2) is 10.0. The van der Waals surface area contributed by atoms with Crippen molar-refractivity contribution >= 4 is 31.9 Å². The SMILES string of the molecule is O=C(C1CCC(NS(=O)(=O)c2ccc(Br)cc2)CC1)N1CCCCC1c1ccc(F)cc1. The molecule has 1 unspecified atom stereocenters. The molecular weight excluding hydrogens is 495 g/mol. The van der Waals surface area contributed by atoms with Crippen molar-refractivity contribution in [2.45, 2.75) is 61.9 Å². The highest BCUT2D eigenvalue weighted by Gasteiger charge is 2.35. The molecule has 2 fully saturated rings. The average molecular weight is 523 g/mol. The fourth-order valence-corrected chi connectivity index (χ4v) is 6.39. The molecule has 1 saturated heterocycles. The average Bonchev–Trinajstić information content (AvgIpc) is 2.80. The molecular formula is C24H28BrFN2O3S. The molecule has 1 aliphatic heterocycles. The maximum Gasteiger partial charge on any atom is 0.240 e. The van der Waals surface area contributed by atoms with Gasteiger partial charge in [-0.15, -0.1) is 0 Å². The predicted octanol–water partition coefficient (Wildman–Crippen LogP) is 5.18. The fourth-order valence-electron chi connectivity index (χ4n) is 4.82. The van der Waals surface area contributed by atoms with Crippen molar-refractivity contribution in [1.82, 2.24) is 9.62 Å². The van der Waals surface area contributed by atoms with Crippen LogP contribution in [0.4, 0.5) is 4.39 Å². The number of carbonyl (C=O) groups excluding carboxylic acids is 1. The minimum Gasteiger partial charge on any atom is -0.335 e. The molecule has 0 bridgehead atoms. The molecule has 1 N–H and O–H groups in total. The number of nitrogens with one attached hydrogen (secondary N) is 1. The van der Waals surface area contributed by atoms with E-state index in [4.69, 9.17) is 0 Å². The monoisotopic (exact) mass is 522 g/mol. The van der Waals surface area contributed by atoms with E-state index in [-0.39, 0.29) is 34.6 Å². The Hall–Kier alpha value is -1.77. The van der Waals surface area contributed by atoms with Gasteiger partial charge in [-0.05, 0) is 86.9 Å². The van der Waals surface area contributed by atoms with E-state index in [1.165, 1.54) is 12.1 Å². The molecule has 0 radical (unpaired) electrons. The van der Waals surface area contributed by atoms with Crippen molar-refractivity contribution in [2.24, 2.45) is 5.92 Å². The van der Waals surface area contributed by atoms with E-state index in [0.29, 0.717) is 25.7 Å². The Morgan fingerprint density at radius 2 is 1.59 bits per heavy atom. The Bertz CT molecular complexity index is 1040. The molecule has 1 heterocycles. The van der Waals surface area contributed by atoms with Gasteiger partial charge in [-0.3, -0.25) is 4.79 Å². The number of carbonyl (C=O) groups is 1. The first-order chi connectivity index (χ1) is 15.3. The van der Waals surface area contributed by atoms with Gasteiger partial charge in [0.15, 0.2) is 0 Å². The first-order valence-electron chi connectivity index (χ1n) is 11.2. The number of piperidine rings is 1. The van der Waals surface area contributed by atoms with Crippen LogP contribution in [0.5, 0.6) is 0 Å². The Balaban J connectivity index is 1.37. The van der Waals surface area contributed by atoms with Crippen LogP contribution in [-0.4, -0.2) is 31.8 Å². The van der Waals surface area contributed by atoms with Crippen LogP contribution >= 0.6 is 15.9 Å². The van der Waals surface area contributed by atoms with E-state index in [9.17, 15) is 17.6 Å². The third-order valence-corrected chi connectivity index (χ3v) is 8.63. The number of halogens is 2. The lowest BCUT2D eigenvalue weighted by atomic mass is 9.84. The number of amides is 1. The summed E-state index contributed by atoms with van der Waals surface area (Å²) in [4.78, 5) is 15.6. The molecule has 8 heteroatoms. The lowest BCUT2D eigenvalue weighted by molar-refractivity contribution is -0.140. The van der Waals surface area contributed by atoms with Crippen molar-refractivity contribution in [3.8, 4) is 0 Å². The molecule has 32 heavy (non-hydrogen) atoms. The summed E-state index contributed by atoms with van der Waals surface area (Å²) in [7, 11) is -3.58. The number of benzene rings is 2. The van der Waals surface area contributed by atoms with Crippen molar-refractivity contribution in [3.05, 3.63) is 64.4 Å². The van der Waals surface area contributed by atoms with Gasteiger partial charge >= 0.3 is 0 Å². The third kappa shape index (κ3) is 5.41. The van der Waals surface area contributed by atoms with E-state index in [2.05, 4.69) is 20.7 Å². The van der Waals surface area contributed by atoms with Crippen LogP contribution in [0.2, 0.25) is 0 Å². The fraction of sp³-hybridized carbons (Fsp3) is 0.458. The first-order valence-corrected chi connectivity index (χ1v) is 13.4. The van der Waals surface area contributed by atoms with E-state index < -0.39 is 10.0 Å². The predicted molar refractivity (Wildman–Crippen MR) is 125 cm³/mol. The molecule has 2 aromatic rings. The second-order valence-electron chi connectivity index (χ2n) is 8.72. The lowest BCUT2D eigenvalue weighted by Gasteiger charge is -2.39. The number of likely N-dealkylation sites (tertiary alicyclic amines) is 1. The van der Waals surface area contributed by atoms with Gasteiger partial charge in [0, 0.05) is 23.0 Å². The smallest absolute Gasteiger partial charge is 0.240 e. The highest BCUT2D eigenvalue weighted by atomic mass is 79.9. The molecule has 1 atom stereocenters. The molecule has 2 aromatic carbocycles. The second-order valence-corrected chi connectivity index (χ2v) is 11.3. The Kier molecular flexibility index (Phi) is 7.32. The Labute approximate surface area is 197 Å². The van der Waals surface area contributed by atoms with Crippen molar-refractivity contribution in [3.63, 3.8) is 0 Å². The zero-order valence-electron chi connectivity index (χ0n) is 17.8. The number of nitrogens with zero attached hydrogens (tertiary/aromatic N) is 1. The molecule has 5 nitrogen and oxygen atoms in total. The van der Waals surface area contributed by atoms with Crippen LogP contribution in [0.25, 0.3) is 0 Å². The molecule has 2 aliphatic rings. The maximum absolute atomic E-state index is 13.4. The first kappa shape index (κ1) is 23.4. The minimum atomic E-state index is -3.58. The number of hydrogen-bond acceptors (Lipinski definition) is 3. The summed E-state index contributed by atoms with van der Waals surface area (Å²) < 4.78 is 42.3. The number of sulfonamides is 1.